The SMILES string of the molecule is CCCCCCCCCCCCCC(=O)OC1=NCCS1. The van der Waals surface area contributed by atoms with E-state index < -0.39 is 0 Å². The van der Waals surface area contributed by atoms with E-state index in [1.807, 2.05) is 0 Å². The Kier molecular flexibility index (Phi) is 11.6. The highest BCUT2D eigenvalue weighted by Crippen LogP contribution is 2.15. The summed E-state index contributed by atoms with van der Waals surface area (Å²) in [5.74, 6) is 0.834. The number of carbonyl (C=O) groups is 1. The van der Waals surface area contributed by atoms with Gasteiger partial charge in [-0.15, -0.1) is 0 Å². The highest BCUT2D eigenvalue weighted by atomic mass is 32.2. The molecule has 21 heavy (non-hydrogen) atoms. The standard InChI is InChI=1S/C17H31NO2S/c1-2-3-4-5-6-7-8-9-10-11-12-13-16(19)20-17-18-14-15-21-17/h2-15H2,1H3. The molecule has 1 rings (SSSR count). The number of hydrogen-bond acceptors (Lipinski definition) is 4. The molecule has 0 saturated heterocycles. The number of rotatable bonds is 12. The van der Waals surface area contributed by atoms with Crippen molar-refractivity contribution in [1.29, 1.82) is 0 Å². The molecule has 0 spiro atoms. The van der Waals surface area contributed by atoms with Gasteiger partial charge in [-0.25, -0.2) is 4.99 Å². The van der Waals surface area contributed by atoms with Crippen molar-refractivity contribution in [3.63, 3.8) is 0 Å². The van der Waals surface area contributed by atoms with E-state index >= 15 is 0 Å². The largest absolute Gasteiger partial charge is 0.401 e. The molecule has 122 valence electrons. The molecule has 0 aromatic rings. The predicted octanol–water partition coefficient (Wildman–Crippen LogP) is 5.33. The molecule has 1 aliphatic rings. The van der Waals surface area contributed by atoms with Crippen molar-refractivity contribution in [3.05, 3.63) is 0 Å². The van der Waals surface area contributed by atoms with Crippen LogP contribution in [0.25, 0.3) is 0 Å². The smallest absolute Gasteiger partial charge is 0.312 e. The second-order valence-electron chi connectivity index (χ2n) is 5.76. The number of esters is 1. The van der Waals surface area contributed by atoms with Crippen LogP contribution in [-0.4, -0.2) is 23.5 Å². The monoisotopic (exact) mass is 313 g/mol. The fraction of sp³-hybridized carbons (Fsp3) is 0.882. The number of thioether (sulfide) groups is 1. The number of nitrogens with zero attached hydrogens (tertiary/aromatic N) is 1. The van der Waals surface area contributed by atoms with Crippen molar-refractivity contribution < 1.29 is 9.53 Å². The van der Waals surface area contributed by atoms with E-state index in [9.17, 15) is 4.79 Å². The number of ether oxygens (including phenoxy) is 1. The van der Waals surface area contributed by atoms with Gasteiger partial charge in [-0.2, -0.15) is 0 Å². The van der Waals surface area contributed by atoms with Crippen LogP contribution in [0.4, 0.5) is 0 Å². The van der Waals surface area contributed by atoms with Gasteiger partial charge in [0.1, 0.15) is 0 Å². The lowest BCUT2D eigenvalue weighted by Crippen LogP contribution is -2.07. The van der Waals surface area contributed by atoms with Crippen LogP contribution in [0.5, 0.6) is 0 Å². The van der Waals surface area contributed by atoms with Gasteiger partial charge in [-0.1, -0.05) is 82.9 Å². The molecular formula is C17H31NO2S. The molecule has 1 heterocycles. The predicted molar refractivity (Wildman–Crippen MR) is 91.9 cm³/mol. The van der Waals surface area contributed by atoms with E-state index in [2.05, 4.69) is 11.9 Å². The number of hydrogen-bond donors (Lipinski definition) is 0. The average molecular weight is 314 g/mol. The van der Waals surface area contributed by atoms with Crippen LogP contribution in [0.15, 0.2) is 4.99 Å². The van der Waals surface area contributed by atoms with Crippen LogP contribution in [0.1, 0.15) is 84.0 Å². The summed E-state index contributed by atoms with van der Waals surface area (Å²) in [5.41, 5.74) is 0. The van der Waals surface area contributed by atoms with Crippen LogP contribution in [-0.2, 0) is 9.53 Å². The van der Waals surface area contributed by atoms with Gasteiger partial charge >= 0.3 is 5.97 Å². The molecule has 0 aromatic carbocycles. The lowest BCUT2D eigenvalue weighted by molar-refractivity contribution is -0.135. The second-order valence-corrected chi connectivity index (χ2v) is 6.80. The minimum Gasteiger partial charge on any atom is -0.401 e. The van der Waals surface area contributed by atoms with Crippen molar-refractivity contribution in [1.82, 2.24) is 0 Å². The van der Waals surface area contributed by atoms with Gasteiger partial charge in [0, 0.05) is 12.2 Å². The summed E-state index contributed by atoms with van der Waals surface area (Å²) >= 11 is 1.54. The Labute approximate surface area is 134 Å². The third-order valence-electron chi connectivity index (χ3n) is 3.74. The summed E-state index contributed by atoms with van der Waals surface area (Å²) in [4.78, 5) is 15.7. The zero-order valence-electron chi connectivity index (χ0n) is 13.6. The lowest BCUT2D eigenvalue weighted by atomic mass is 10.1. The Balaban J connectivity index is 1.78. The van der Waals surface area contributed by atoms with Gasteiger partial charge in [0.2, 0.25) is 0 Å². The first-order valence-corrected chi connectivity index (χ1v) is 9.69. The first-order valence-electron chi connectivity index (χ1n) is 8.71. The summed E-state index contributed by atoms with van der Waals surface area (Å²) in [5, 5.41) is 0.572. The lowest BCUT2D eigenvalue weighted by Gasteiger charge is -2.03. The second kappa shape index (κ2) is 13.2. The third-order valence-corrected chi connectivity index (χ3v) is 4.59. The van der Waals surface area contributed by atoms with Gasteiger partial charge in [-0.05, 0) is 6.42 Å². The quantitative estimate of drug-likeness (QED) is 0.361. The molecule has 0 bridgehead atoms. The first-order chi connectivity index (χ1) is 10.3. The molecule has 0 amide bonds. The van der Waals surface area contributed by atoms with E-state index in [4.69, 9.17) is 4.74 Å². The molecule has 0 aliphatic carbocycles. The number of aliphatic imine (C=N–C) groups is 1. The van der Waals surface area contributed by atoms with Crippen LogP contribution in [0, 0.1) is 0 Å². The molecule has 0 aromatic heterocycles. The van der Waals surface area contributed by atoms with Crippen molar-refractivity contribution in [3.8, 4) is 0 Å². The van der Waals surface area contributed by atoms with Gasteiger partial charge in [0.05, 0.1) is 6.54 Å². The highest BCUT2D eigenvalue weighted by Gasteiger charge is 2.12. The van der Waals surface area contributed by atoms with Crippen LogP contribution < -0.4 is 0 Å². The minimum absolute atomic E-state index is 0.112. The zero-order chi connectivity index (χ0) is 15.2. The third kappa shape index (κ3) is 10.8. The molecule has 0 atom stereocenters. The van der Waals surface area contributed by atoms with Crippen molar-refractivity contribution >= 4 is 23.0 Å². The molecule has 0 radical (unpaired) electrons. The average Bonchev–Trinajstić information content (AvgIpc) is 2.97. The molecule has 1 aliphatic heterocycles. The summed E-state index contributed by atoms with van der Waals surface area (Å²) in [6.45, 7) is 3.04. The molecule has 0 N–H and O–H groups in total. The van der Waals surface area contributed by atoms with E-state index in [1.54, 1.807) is 0 Å². The normalized spacial score (nSPS) is 14.2. The van der Waals surface area contributed by atoms with E-state index in [0.717, 1.165) is 25.1 Å². The van der Waals surface area contributed by atoms with Crippen LogP contribution in [0.3, 0.4) is 0 Å². The van der Waals surface area contributed by atoms with Gasteiger partial charge in [0.15, 0.2) is 0 Å². The zero-order valence-corrected chi connectivity index (χ0v) is 14.4. The Morgan fingerprint density at radius 2 is 1.57 bits per heavy atom. The fourth-order valence-electron chi connectivity index (χ4n) is 2.46. The number of unbranched alkanes of at least 4 members (excludes halogenated alkanes) is 10. The number of carbonyl (C=O) groups excluding carboxylic acids is 1. The highest BCUT2D eigenvalue weighted by molar-refractivity contribution is 8.13. The van der Waals surface area contributed by atoms with Crippen LogP contribution in [0.2, 0.25) is 0 Å². The minimum atomic E-state index is -0.112. The van der Waals surface area contributed by atoms with E-state index in [-0.39, 0.29) is 5.97 Å². The summed E-state index contributed by atoms with van der Waals surface area (Å²) in [6, 6.07) is 0. The maximum Gasteiger partial charge on any atom is 0.312 e. The van der Waals surface area contributed by atoms with Crippen molar-refractivity contribution in [2.24, 2.45) is 4.99 Å². The molecule has 0 saturated carbocycles. The Morgan fingerprint density at radius 1 is 1.00 bits per heavy atom. The van der Waals surface area contributed by atoms with Crippen molar-refractivity contribution in [2.45, 2.75) is 84.0 Å². The van der Waals surface area contributed by atoms with Crippen LogP contribution >= 0.6 is 11.8 Å². The Hall–Kier alpha value is -0.510. The maximum atomic E-state index is 11.5. The summed E-state index contributed by atoms with van der Waals surface area (Å²) in [6.07, 6.45) is 14.8. The van der Waals surface area contributed by atoms with E-state index in [0.29, 0.717) is 11.7 Å². The maximum absolute atomic E-state index is 11.5. The fourth-order valence-corrected chi connectivity index (χ4v) is 3.15. The van der Waals surface area contributed by atoms with E-state index in [1.165, 1.54) is 69.5 Å². The van der Waals surface area contributed by atoms with Gasteiger partial charge in [-0.3, -0.25) is 4.79 Å². The first kappa shape index (κ1) is 18.5. The molecular weight excluding hydrogens is 282 g/mol. The summed E-state index contributed by atoms with van der Waals surface area (Å²) < 4.78 is 5.18. The van der Waals surface area contributed by atoms with Gasteiger partial charge < -0.3 is 4.74 Å². The molecule has 4 heteroatoms. The Bertz CT molecular complexity index is 305. The Morgan fingerprint density at radius 3 is 2.10 bits per heavy atom. The summed E-state index contributed by atoms with van der Waals surface area (Å²) in [7, 11) is 0. The molecule has 0 unspecified atom stereocenters. The molecule has 3 nitrogen and oxygen atoms in total. The topological polar surface area (TPSA) is 38.7 Å². The molecule has 0 fully saturated rings. The van der Waals surface area contributed by atoms with Crippen molar-refractivity contribution in [2.75, 3.05) is 12.3 Å². The van der Waals surface area contributed by atoms with Gasteiger partial charge in [0.25, 0.3) is 5.23 Å².